The predicted octanol–water partition coefficient (Wildman–Crippen LogP) is 2.81. The molecule has 2 amide bonds. The Kier molecular flexibility index (Phi) is 7.00. The average Bonchev–Trinajstić information content (AvgIpc) is 2.53. The first kappa shape index (κ1) is 19.4. The first-order chi connectivity index (χ1) is 11.8. The normalized spacial score (nSPS) is 23.3. The molecule has 0 unspecified atom stereocenters. The molecule has 5 nitrogen and oxygen atoms in total. The van der Waals surface area contributed by atoms with Crippen molar-refractivity contribution >= 4 is 17.5 Å². The third-order valence-corrected chi connectivity index (χ3v) is 5.22. The highest BCUT2D eigenvalue weighted by molar-refractivity contribution is 5.92. The maximum Gasteiger partial charge on any atom is 0.238 e. The van der Waals surface area contributed by atoms with E-state index in [9.17, 15) is 9.59 Å². The molecule has 2 N–H and O–H groups in total. The molecule has 0 aliphatic heterocycles. The van der Waals surface area contributed by atoms with Crippen molar-refractivity contribution in [2.24, 2.45) is 11.8 Å². The number of amides is 2. The summed E-state index contributed by atoms with van der Waals surface area (Å²) in [5, 5.41) is 6.00. The van der Waals surface area contributed by atoms with E-state index in [1.807, 2.05) is 31.2 Å². The summed E-state index contributed by atoms with van der Waals surface area (Å²) in [5.74, 6) is 1.04. The Morgan fingerprint density at radius 1 is 1.08 bits per heavy atom. The summed E-state index contributed by atoms with van der Waals surface area (Å²) in [6, 6.07) is 7.93. The molecular weight excluding hydrogens is 314 g/mol. The van der Waals surface area contributed by atoms with Crippen LogP contribution >= 0.6 is 0 Å². The number of nitrogens with one attached hydrogen (secondary N) is 2. The van der Waals surface area contributed by atoms with E-state index >= 15 is 0 Å². The van der Waals surface area contributed by atoms with Crippen LogP contribution in [0.25, 0.3) is 0 Å². The second-order valence-electron chi connectivity index (χ2n) is 7.53. The van der Waals surface area contributed by atoms with Crippen molar-refractivity contribution in [1.82, 2.24) is 10.2 Å². The summed E-state index contributed by atoms with van der Waals surface area (Å²) in [6.45, 7) is 6.90. The molecule has 3 atom stereocenters. The molecule has 2 rings (SSSR count). The zero-order chi connectivity index (χ0) is 18.4. The number of aryl methyl sites for hydroxylation is 1. The number of likely N-dealkylation sites (N-methyl/N-ethyl adjacent to an activating group) is 1. The fourth-order valence-electron chi connectivity index (χ4n) is 3.42. The lowest BCUT2D eigenvalue weighted by molar-refractivity contribution is -0.124. The molecule has 5 heteroatoms. The van der Waals surface area contributed by atoms with Crippen molar-refractivity contribution in [2.45, 2.75) is 46.1 Å². The van der Waals surface area contributed by atoms with Gasteiger partial charge < -0.3 is 10.6 Å². The summed E-state index contributed by atoms with van der Waals surface area (Å²) in [4.78, 5) is 26.1. The zero-order valence-electron chi connectivity index (χ0n) is 15.8. The van der Waals surface area contributed by atoms with Crippen LogP contribution in [0.1, 0.15) is 38.7 Å². The smallest absolute Gasteiger partial charge is 0.238 e. The largest absolute Gasteiger partial charge is 0.352 e. The Balaban J connectivity index is 1.75. The molecule has 1 aliphatic carbocycles. The van der Waals surface area contributed by atoms with Crippen LogP contribution in [-0.4, -0.2) is 42.9 Å². The molecule has 1 fully saturated rings. The van der Waals surface area contributed by atoms with Gasteiger partial charge in [-0.3, -0.25) is 14.5 Å². The minimum Gasteiger partial charge on any atom is -0.352 e. The predicted molar refractivity (Wildman–Crippen MR) is 101 cm³/mol. The Morgan fingerprint density at radius 2 is 1.72 bits per heavy atom. The van der Waals surface area contributed by atoms with Gasteiger partial charge in [0, 0.05) is 11.7 Å². The Labute approximate surface area is 151 Å². The van der Waals surface area contributed by atoms with Crippen LogP contribution < -0.4 is 10.6 Å². The SMILES string of the molecule is Cc1ccc(NC(=O)CN(C)CC(=O)N[C@H]2CCC[C@H](C)[C@H]2C)cc1. The molecule has 0 radical (unpaired) electrons. The van der Waals surface area contributed by atoms with Gasteiger partial charge in [-0.25, -0.2) is 0 Å². The van der Waals surface area contributed by atoms with Gasteiger partial charge in [0.25, 0.3) is 0 Å². The third-order valence-electron chi connectivity index (χ3n) is 5.22. The van der Waals surface area contributed by atoms with Crippen LogP contribution in [0, 0.1) is 18.8 Å². The van der Waals surface area contributed by atoms with E-state index < -0.39 is 0 Å². The van der Waals surface area contributed by atoms with Gasteiger partial charge in [-0.2, -0.15) is 0 Å². The van der Waals surface area contributed by atoms with E-state index in [-0.39, 0.29) is 30.9 Å². The lowest BCUT2D eigenvalue weighted by Crippen LogP contribution is -2.47. The van der Waals surface area contributed by atoms with Gasteiger partial charge in [-0.15, -0.1) is 0 Å². The molecule has 0 aromatic heterocycles. The molecule has 25 heavy (non-hydrogen) atoms. The topological polar surface area (TPSA) is 61.4 Å². The molecule has 1 aromatic carbocycles. The highest BCUT2D eigenvalue weighted by Gasteiger charge is 2.28. The van der Waals surface area contributed by atoms with Crippen molar-refractivity contribution in [2.75, 3.05) is 25.5 Å². The third kappa shape index (κ3) is 6.16. The molecule has 1 aliphatic rings. The van der Waals surface area contributed by atoms with Gasteiger partial charge >= 0.3 is 0 Å². The van der Waals surface area contributed by atoms with Gasteiger partial charge in [0.2, 0.25) is 11.8 Å². The van der Waals surface area contributed by atoms with Crippen LogP contribution in [-0.2, 0) is 9.59 Å². The maximum absolute atomic E-state index is 12.3. The molecule has 0 saturated heterocycles. The lowest BCUT2D eigenvalue weighted by Gasteiger charge is -2.34. The van der Waals surface area contributed by atoms with Gasteiger partial charge in [-0.1, -0.05) is 44.4 Å². The number of hydrogen-bond donors (Lipinski definition) is 2. The number of anilines is 1. The monoisotopic (exact) mass is 345 g/mol. The fraction of sp³-hybridized carbons (Fsp3) is 0.600. The zero-order valence-corrected chi connectivity index (χ0v) is 15.8. The second-order valence-corrected chi connectivity index (χ2v) is 7.53. The quantitative estimate of drug-likeness (QED) is 0.833. The summed E-state index contributed by atoms with van der Waals surface area (Å²) in [5.41, 5.74) is 1.93. The minimum atomic E-state index is -0.112. The molecular formula is C20H31N3O2. The second kappa shape index (κ2) is 8.99. The number of benzene rings is 1. The van der Waals surface area contributed by atoms with Gasteiger partial charge in [0.15, 0.2) is 0 Å². The van der Waals surface area contributed by atoms with Crippen LogP contribution in [0.15, 0.2) is 24.3 Å². The van der Waals surface area contributed by atoms with Gasteiger partial charge in [-0.05, 0) is 44.4 Å². The van der Waals surface area contributed by atoms with E-state index in [1.54, 1.807) is 11.9 Å². The summed E-state index contributed by atoms with van der Waals surface area (Å²) in [6.07, 6.45) is 3.47. The maximum atomic E-state index is 12.3. The van der Waals surface area contributed by atoms with E-state index in [4.69, 9.17) is 0 Å². The summed E-state index contributed by atoms with van der Waals surface area (Å²) in [7, 11) is 1.79. The van der Waals surface area contributed by atoms with E-state index in [0.717, 1.165) is 17.7 Å². The van der Waals surface area contributed by atoms with Crippen molar-refractivity contribution < 1.29 is 9.59 Å². The van der Waals surface area contributed by atoms with Crippen LogP contribution in [0.2, 0.25) is 0 Å². The molecule has 0 bridgehead atoms. The Morgan fingerprint density at radius 3 is 2.40 bits per heavy atom. The fourth-order valence-corrected chi connectivity index (χ4v) is 3.42. The highest BCUT2D eigenvalue weighted by atomic mass is 16.2. The summed E-state index contributed by atoms with van der Waals surface area (Å²) >= 11 is 0. The number of nitrogens with zero attached hydrogens (tertiary/aromatic N) is 1. The highest BCUT2D eigenvalue weighted by Crippen LogP contribution is 2.29. The van der Waals surface area contributed by atoms with Gasteiger partial charge in [0.05, 0.1) is 13.1 Å². The Bertz CT molecular complexity index is 585. The Hall–Kier alpha value is -1.88. The van der Waals surface area contributed by atoms with Crippen LogP contribution in [0.4, 0.5) is 5.69 Å². The standard InChI is InChI=1S/C20H31N3O2/c1-14-8-10-17(11-9-14)21-19(24)12-23(4)13-20(25)22-18-7-5-6-15(2)16(18)3/h8-11,15-16,18H,5-7,12-13H2,1-4H3,(H,21,24)(H,22,25)/t15-,16+,18-/m0/s1. The first-order valence-electron chi connectivity index (χ1n) is 9.19. The lowest BCUT2D eigenvalue weighted by atomic mass is 9.78. The van der Waals surface area contributed by atoms with E-state index in [2.05, 4.69) is 24.5 Å². The average molecular weight is 345 g/mol. The molecule has 0 spiro atoms. The van der Waals surface area contributed by atoms with Gasteiger partial charge in [0.1, 0.15) is 0 Å². The minimum absolute atomic E-state index is 0.00316. The number of rotatable bonds is 6. The molecule has 1 saturated carbocycles. The number of hydrogen-bond acceptors (Lipinski definition) is 3. The molecule has 0 heterocycles. The molecule has 138 valence electrons. The van der Waals surface area contributed by atoms with E-state index in [1.165, 1.54) is 12.8 Å². The number of carbonyl (C=O) groups excluding carboxylic acids is 2. The van der Waals surface area contributed by atoms with E-state index in [0.29, 0.717) is 11.8 Å². The molecule has 1 aromatic rings. The van der Waals surface area contributed by atoms with Crippen LogP contribution in [0.3, 0.4) is 0 Å². The summed E-state index contributed by atoms with van der Waals surface area (Å²) < 4.78 is 0. The van der Waals surface area contributed by atoms with Crippen LogP contribution in [0.5, 0.6) is 0 Å². The van der Waals surface area contributed by atoms with Crippen molar-refractivity contribution in [1.29, 1.82) is 0 Å². The van der Waals surface area contributed by atoms with Crippen molar-refractivity contribution in [3.63, 3.8) is 0 Å². The van der Waals surface area contributed by atoms with Crippen molar-refractivity contribution in [3.05, 3.63) is 29.8 Å². The first-order valence-corrected chi connectivity index (χ1v) is 9.19. The number of carbonyl (C=O) groups is 2. The van der Waals surface area contributed by atoms with Crippen molar-refractivity contribution in [3.8, 4) is 0 Å².